The minimum atomic E-state index is 0.255. The fraction of sp³-hybridized carbons (Fsp3) is 0.707. The van der Waals surface area contributed by atoms with Gasteiger partial charge >= 0.3 is 0 Å². The van der Waals surface area contributed by atoms with Crippen LogP contribution in [0, 0.1) is 41.4 Å². The van der Waals surface area contributed by atoms with Gasteiger partial charge in [0.1, 0.15) is 11.5 Å². The first-order valence-electron chi connectivity index (χ1n) is 19.7. The Kier molecular flexibility index (Phi) is 7.55. The van der Waals surface area contributed by atoms with Gasteiger partial charge in [-0.25, -0.2) is 0 Å². The average Bonchev–Trinajstić information content (AvgIpc) is 3.77. The number of hydrogen-bond donors (Lipinski definition) is 2. The van der Waals surface area contributed by atoms with Gasteiger partial charge in [-0.15, -0.1) is 0 Å². The highest BCUT2D eigenvalue weighted by Gasteiger charge is 2.55. The van der Waals surface area contributed by atoms with Crippen molar-refractivity contribution in [2.75, 3.05) is 6.61 Å². The quantitative estimate of drug-likeness (QED) is 0.215. The lowest BCUT2D eigenvalue weighted by molar-refractivity contribution is -0.0799. The van der Waals surface area contributed by atoms with E-state index < -0.39 is 0 Å². The van der Waals surface area contributed by atoms with Crippen molar-refractivity contribution in [2.24, 2.45) is 41.4 Å². The second kappa shape index (κ2) is 12.0. The first-order valence-corrected chi connectivity index (χ1v) is 19.7. The monoisotopic (exact) mass is 650 g/mol. The molecule has 2 unspecified atom stereocenters. The number of nitrogens with zero attached hydrogens (tertiary/aromatic N) is 2. The average molecular weight is 651 g/mol. The Morgan fingerprint density at radius 2 is 1.31 bits per heavy atom. The molecule has 0 aliphatic heterocycles. The molecule has 0 radical (unpaired) electrons. The van der Waals surface area contributed by atoms with Crippen LogP contribution in [0.25, 0.3) is 11.3 Å². The summed E-state index contributed by atoms with van der Waals surface area (Å²) < 4.78 is 18.3. The van der Waals surface area contributed by atoms with Crippen molar-refractivity contribution in [1.29, 1.82) is 0 Å². The second-order valence-electron chi connectivity index (χ2n) is 17.9. The fourth-order valence-corrected chi connectivity index (χ4v) is 13.0. The molecule has 9 saturated carbocycles. The highest BCUT2D eigenvalue weighted by molar-refractivity contribution is 5.59. The van der Waals surface area contributed by atoms with Crippen LogP contribution >= 0.6 is 0 Å². The van der Waals surface area contributed by atoms with Gasteiger partial charge in [-0.3, -0.25) is 0 Å². The SMILES string of the molecule is c1cc(OCC2C3CC4CC2CC(NCc2cc(C5CCCCC5)on2)(C4)C3)cc(-c2cc(CNC34CC5CC(CC(C5)C3)C4)no2)c1. The van der Waals surface area contributed by atoms with E-state index in [0.717, 1.165) is 89.4 Å². The van der Waals surface area contributed by atoms with E-state index in [9.17, 15) is 0 Å². The summed E-state index contributed by atoms with van der Waals surface area (Å²) in [4.78, 5) is 0. The summed E-state index contributed by atoms with van der Waals surface area (Å²) in [6.45, 7) is 2.44. The maximum Gasteiger partial charge on any atom is 0.167 e. The molecule has 0 amide bonds. The van der Waals surface area contributed by atoms with E-state index in [2.05, 4.69) is 57.3 Å². The molecular weight excluding hydrogens is 596 g/mol. The van der Waals surface area contributed by atoms with E-state index in [-0.39, 0.29) is 5.54 Å². The molecule has 7 nitrogen and oxygen atoms in total. The minimum Gasteiger partial charge on any atom is -0.493 e. The van der Waals surface area contributed by atoms with Gasteiger partial charge in [0.2, 0.25) is 0 Å². The van der Waals surface area contributed by atoms with Gasteiger partial charge < -0.3 is 24.4 Å². The summed E-state index contributed by atoms with van der Waals surface area (Å²) in [5.41, 5.74) is 3.74. The first-order chi connectivity index (χ1) is 23.5. The van der Waals surface area contributed by atoms with Crippen LogP contribution < -0.4 is 15.4 Å². The molecule has 2 atom stereocenters. The molecule has 48 heavy (non-hydrogen) atoms. The third kappa shape index (κ3) is 5.75. The normalized spacial score (nSPS) is 38.2. The van der Waals surface area contributed by atoms with Crippen LogP contribution in [0.3, 0.4) is 0 Å². The minimum absolute atomic E-state index is 0.255. The zero-order chi connectivity index (χ0) is 31.7. The van der Waals surface area contributed by atoms with Crippen molar-refractivity contribution in [1.82, 2.24) is 20.9 Å². The third-order valence-corrected chi connectivity index (χ3v) is 14.5. The molecule has 9 fully saturated rings. The van der Waals surface area contributed by atoms with Crippen molar-refractivity contribution in [3.05, 3.63) is 53.5 Å². The van der Waals surface area contributed by atoms with Crippen LogP contribution in [-0.4, -0.2) is 28.0 Å². The van der Waals surface area contributed by atoms with Crippen molar-refractivity contribution in [3.8, 4) is 17.1 Å². The van der Waals surface area contributed by atoms with Gasteiger partial charge in [-0.05, 0) is 137 Å². The van der Waals surface area contributed by atoms with Gasteiger partial charge in [0, 0.05) is 47.8 Å². The summed E-state index contributed by atoms with van der Waals surface area (Å²) >= 11 is 0. The smallest absolute Gasteiger partial charge is 0.167 e. The standard InChI is InChI=1S/C41H54N4O3/c1-2-5-30(6-3-1)38-15-34(44-47-38)24-43-41-20-29-12-32(21-41)37(33(13-29)22-41)25-46-36-8-4-7-31(14-36)39-16-35(45-48-39)23-42-40-17-26-9-27(18-40)11-28(10-26)19-40/h4,7-8,14-16,26-30,32-33,37,42-43H,1-3,5-6,9-13,17-25H2. The lowest BCUT2D eigenvalue weighted by Crippen LogP contribution is -2.61. The van der Waals surface area contributed by atoms with Gasteiger partial charge in [0.25, 0.3) is 0 Å². The molecule has 2 N–H and O–H groups in total. The van der Waals surface area contributed by atoms with Crippen LogP contribution in [0.2, 0.25) is 0 Å². The molecule has 8 bridgehead atoms. The molecule has 3 aromatic rings. The number of aromatic nitrogens is 2. The van der Waals surface area contributed by atoms with Gasteiger partial charge in [-0.1, -0.05) is 41.7 Å². The van der Waals surface area contributed by atoms with Crippen LogP contribution in [0.5, 0.6) is 5.75 Å². The molecule has 9 aliphatic carbocycles. The maximum atomic E-state index is 6.59. The highest BCUT2D eigenvalue weighted by atomic mass is 16.5. The molecule has 0 saturated heterocycles. The molecule has 256 valence electrons. The predicted octanol–water partition coefficient (Wildman–Crippen LogP) is 8.80. The summed E-state index contributed by atoms with van der Waals surface area (Å²) in [5.74, 6) is 9.27. The zero-order valence-corrected chi connectivity index (χ0v) is 28.6. The number of ether oxygens (including phenoxy) is 1. The van der Waals surface area contributed by atoms with Crippen LogP contribution in [0.15, 0.2) is 45.4 Å². The Bertz CT molecular complexity index is 1550. The van der Waals surface area contributed by atoms with Gasteiger partial charge in [-0.2, -0.15) is 0 Å². The summed E-state index contributed by atoms with van der Waals surface area (Å²) in [7, 11) is 0. The van der Waals surface area contributed by atoms with E-state index in [1.54, 1.807) is 0 Å². The van der Waals surface area contributed by atoms with Crippen LogP contribution in [0.4, 0.5) is 0 Å². The summed E-state index contributed by atoms with van der Waals surface area (Å²) in [6.07, 6.45) is 21.6. The molecule has 7 heteroatoms. The van der Waals surface area contributed by atoms with Crippen molar-refractivity contribution in [3.63, 3.8) is 0 Å². The van der Waals surface area contributed by atoms with E-state index in [1.807, 2.05) is 0 Å². The molecule has 0 spiro atoms. The third-order valence-electron chi connectivity index (χ3n) is 14.5. The van der Waals surface area contributed by atoms with Gasteiger partial charge in [0.05, 0.1) is 18.0 Å². The van der Waals surface area contributed by atoms with Crippen LogP contribution in [0.1, 0.15) is 126 Å². The Morgan fingerprint density at radius 1 is 0.688 bits per heavy atom. The molecular formula is C41H54N4O3. The Balaban J connectivity index is 0.745. The van der Waals surface area contributed by atoms with Crippen molar-refractivity contribution >= 4 is 0 Å². The van der Waals surface area contributed by atoms with Crippen molar-refractivity contribution < 1.29 is 13.8 Å². The molecule has 2 heterocycles. The number of rotatable bonds is 11. The molecule has 9 aliphatic rings. The van der Waals surface area contributed by atoms with Gasteiger partial charge in [0.15, 0.2) is 5.76 Å². The van der Waals surface area contributed by atoms with Crippen LogP contribution in [-0.2, 0) is 13.1 Å². The largest absolute Gasteiger partial charge is 0.493 e. The second-order valence-corrected chi connectivity index (χ2v) is 17.9. The fourth-order valence-electron chi connectivity index (χ4n) is 13.0. The Labute approximate surface area is 285 Å². The molecule has 1 aromatic carbocycles. The van der Waals surface area contributed by atoms with E-state index in [1.165, 1.54) is 103 Å². The van der Waals surface area contributed by atoms with E-state index in [0.29, 0.717) is 17.4 Å². The number of nitrogens with one attached hydrogen (secondary N) is 2. The highest BCUT2D eigenvalue weighted by Crippen LogP contribution is 2.59. The van der Waals surface area contributed by atoms with Crippen molar-refractivity contribution in [2.45, 2.75) is 133 Å². The Hall–Kier alpha value is -2.64. The first kappa shape index (κ1) is 30.2. The lowest BCUT2D eigenvalue weighted by Gasteiger charge is -2.60. The lowest BCUT2D eigenvalue weighted by atomic mass is 9.49. The Morgan fingerprint density at radius 3 is 2.02 bits per heavy atom. The number of benzene rings is 1. The molecule has 12 rings (SSSR count). The molecule has 2 aromatic heterocycles. The predicted molar refractivity (Wildman–Crippen MR) is 184 cm³/mol. The zero-order valence-electron chi connectivity index (χ0n) is 28.6. The van der Waals surface area contributed by atoms with E-state index >= 15 is 0 Å². The van der Waals surface area contributed by atoms with E-state index in [4.69, 9.17) is 13.8 Å². The topological polar surface area (TPSA) is 85.4 Å². The summed E-state index contributed by atoms with van der Waals surface area (Å²) in [6, 6.07) is 12.8. The summed E-state index contributed by atoms with van der Waals surface area (Å²) in [5, 5.41) is 17.0. The number of hydrogen-bond acceptors (Lipinski definition) is 7. The maximum absolute atomic E-state index is 6.59.